The molecule has 1 aliphatic heterocycles. The van der Waals surface area contributed by atoms with Gasteiger partial charge in [-0.3, -0.25) is 9.36 Å². The summed E-state index contributed by atoms with van der Waals surface area (Å²) < 4.78 is 21.2. The zero-order chi connectivity index (χ0) is 19.7. The average Bonchev–Trinajstić information content (AvgIpc) is 3.01. The van der Waals surface area contributed by atoms with Crippen LogP contribution in [0.5, 0.6) is 5.75 Å². The predicted molar refractivity (Wildman–Crippen MR) is 99.7 cm³/mol. The van der Waals surface area contributed by atoms with Gasteiger partial charge in [0.2, 0.25) is 5.82 Å². The molecule has 8 heteroatoms. The number of amides is 1. The van der Waals surface area contributed by atoms with E-state index in [1.165, 1.54) is 21.4 Å². The number of nitrogens with zero attached hydrogens (tertiary/aromatic N) is 4. The first-order valence-corrected chi connectivity index (χ1v) is 8.89. The van der Waals surface area contributed by atoms with Crippen LogP contribution in [-0.4, -0.2) is 38.8 Å². The second-order valence-corrected chi connectivity index (χ2v) is 6.62. The minimum Gasteiger partial charge on any atom is -0.497 e. The molecular weight excluding hydrogens is 363 g/mol. The first kappa shape index (κ1) is 18.0. The second-order valence-electron chi connectivity index (χ2n) is 6.62. The third kappa shape index (κ3) is 3.40. The van der Waals surface area contributed by atoms with Crippen molar-refractivity contribution in [2.24, 2.45) is 0 Å². The van der Waals surface area contributed by atoms with Crippen LogP contribution in [0.2, 0.25) is 0 Å². The van der Waals surface area contributed by atoms with E-state index in [2.05, 4.69) is 5.10 Å². The van der Waals surface area contributed by atoms with E-state index in [4.69, 9.17) is 4.74 Å². The van der Waals surface area contributed by atoms with Gasteiger partial charge in [0.25, 0.3) is 5.91 Å². The molecule has 0 bridgehead atoms. The zero-order valence-corrected chi connectivity index (χ0v) is 15.3. The molecule has 2 heterocycles. The summed E-state index contributed by atoms with van der Waals surface area (Å²) in [7, 11) is 1.59. The van der Waals surface area contributed by atoms with Crippen molar-refractivity contribution in [3.63, 3.8) is 0 Å². The Morgan fingerprint density at radius 1 is 1.04 bits per heavy atom. The Kier molecular flexibility index (Phi) is 4.68. The standard InChI is InChI=1S/C20H19FN4O3/c1-28-17-7-5-14(6-8-17)13-25-20(27)24-10-9-23(19(26)18(24)22-25)12-15-3-2-4-16(21)11-15/h2-8,11H,9-10,12-13H2,1H3. The van der Waals surface area contributed by atoms with Gasteiger partial charge in [-0.25, -0.2) is 13.9 Å². The molecule has 1 aromatic heterocycles. The second kappa shape index (κ2) is 7.30. The fourth-order valence-electron chi connectivity index (χ4n) is 3.28. The normalized spacial score (nSPS) is 13.5. The third-order valence-corrected chi connectivity index (χ3v) is 4.75. The first-order valence-electron chi connectivity index (χ1n) is 8.89. The lowest BCUT2D eigenvalue weighted by Gasteiger charge is -2.26. The van der Waals surface area contributed by atoms with E-state index in [-0.39, 0.29) is 36.3 Å². The van der Waals surface area contributed by atoms with Crippen molar-refractivity contribution >= 4 is 5.91 Å². The lowest BCUT2D eigenvalue weighted by Crippen LogP contribution is -2.42. The molecule has 1 aliphatic rings. The highest BCUT2D eigenvalue weighted by Gasteiger charge is 2.29. The molecule has 3 aromatic rings. The molecule has 0 fully saturated rings. The molecule has 1 amide bonds. The Labute approximate surface area is 160 Å². The van der Waals surface area contributed by atoms with Crippen molar-refractivity contribution < 1.29 is 13.9 Å². The van der Waals surface area contributed by atoms with Crippen molar-refractivity contribution in [1.82, 2.24) is 19.2 Å². The van der Waals surface area contributed by atoms with Gasteiger partial charge in [-0.05, 0) is 35.4 Å². The number of methoxy groups -OCH3 is 1. The lowest BCUT2D eigenvalue weighted by molar-refractivity contribution is 0.0681. The highest BCUT2D eigenvalue weighted by Crippen LogP contribution is 2.15. The number of halogens is 1. The summed E-state index contributed by atoms with van der Waals surface area (Å²) >= 11 is 0. The molecule has 0 spiro atoms. The van der Waals surface area contributed by atoms with Gasteiger partial charge < -0.3 is 9.64 Å². The highest BCUT2D eigenvalue weighted by atomic mass is 19.1. The van der Waals surface area contributed by atoms with Gasteiger partial charge >= 0.3 is 5.69 Å². The zero-order valence-electron chi connectivity index (χ0n) is 15.3. The topological polar surface area (TPSA) is 69.4 Å². The maximum absolute atomic E-state index is 13.4. The highest BCUT2D eigenvalue weighted by molar-refractivity contribution is 5.91. The Morgan fingerprint density at radius 3 is 2.54 bits per heavy atom. The number of aromatic nitrogens is 3. The molecule has 0 saturated heterocycles. The van der Waals surface area contributed by atoms with Crippen LogP contribution in [0.4, 0.5) is 4.39 Å². The predicted octanol–water partition coefficient (Wildman–Crippen LogP) is 1.90. The van der Waals surface area contributed by atoms with E-state index in [1.807, 2.05) is 24.3 Å². The van der Waals surface area contributed by atoms with Crippen molar-refractivity contribution in [1.29, 1.82) is 0 Å². The van der Waals surface area contributed by atoms with E-state index in [0.29, 0.717) is 18.7 Å². The molecule has 0 aliphatic carbocycles. The molecule has 144 valence electrons. The number of fused-ring (bicyclic) bond motifs is 1. The summed E-state index contributed by atoms with van der Waals surface area (Å²) in [6.07, 6.45) is 0. The van der Waals surface area contributed by atoms with Gasteiger partial charge in [-0.2, -0.15) is 0 Å². The van der Waals surface area contributed by atoms with Gasteiger partial charge in [-0.1, -0.05) is 24.3 Å². The van der Waals surface area contributed by atoms with Crippen LogP contribution in [0.3, 0.4) is 0 Å². The Morgan fingerprint density at radius 2 is 1.82 bits per heavy atom. The maximum atomic E-state index is 13.4. The van der Waals surface area contributed by atoms with Crippen LogP contribution in [0, 0.1) is 5.82 Å². The van der Waals surface area contributed by atoms with Crippen LogP contribution in [0.1, 0.15) is 21.7 Å². The van der Waals surface area contributed by atoms with Crippen LogP contribution >= 0.6 is 0 Å². The fraction of sp³-hybridized carbons (Fsp3) is 0.250. The number of rotatable bonds is 5. The molecule has 2 aromatic carbocycles. The Hall–Kier alpha value is -3.42. The summed E-state index contributed by atoms with van der Waals surface area (Å²) in [5.41, 5.74) is 1.26. The van der Waals surface area contributed by atoms with Crippen molar-refractivity contribution in [3.8, 4) is 5.75 Å². The molecule has 0 radical (unpaired) electrons. The SMILES string of the molecule is COc1ccc(Cn2nc3n(c2=O)CCN(Cc2cccc(F)c2)C3=O)cc1. The maximum Gasteiger partial charge on any atom is 0.346 e. The van der Waals surface area contributed by atoms with Gasteiger partial charge in [0.1, 0.15) is 11.6 Å². The molecule has 7 nitrogen and oxygen atoms in total. The van der Waals surface area contributed by atoms with E-state index < -0.39 is 0 Å². The Balaban J connectivity index is 1.55. The summed E-state index contributed by atoms with van der Waals surface area (Å²) in [5, 5.41) is 4.25. The van der Waals surface area contributed by atoms with Crippen LogP contribution in [-0.2, 0) is 19.6 Å². The van der Waals surface area contributed by atoms with Gasteiger partial charge in [0, 0.05) is 19.6 Å². The molecule has 0 atom stereocenters. The minimum atomic E-state index is -0.345. The molecule has 28 heavy (non-hydrogen) atoms. The monoisotopic (exact) mass is 382 g/mol. The van der Waals surface area contributed by atoms with Crippen molar-refractivity contribution in [2.45, 2.75) is 19.6 Å². The van der Waals surface area contributed by atoms with Crippen molar-refractivity contribution in [2.75, 3.05) is 13.7 Å². The van der Waals surface area contributed by atoms with E-state index in [1.54, 1.807) is 24.1 Å². The smallest absolute Gasteiger partial charge is 0.346 e. The van der Waals surface area contributed by atoms with Crippen molar-refractivity contribution in [3.05, 3.63) is 81.8 Å². The lowest BCUT2D eigenvalue weighted by atomic mass is 10.2. The number of carbonyl (C=O) groups excluding carboxylic acids is 1. The van der Waals surface area contributed by atoms with Gasteiger partial charge in [0.05, 0.1) is 13.7 Å². The number of carbonyl (C=O) groups is 1. The van der Waals surface area contributed by atoms with E-state index >= 15 is 0 Å². The first-order chi connectivity index (χ1) is 13.5. The number of hydrogen-bond acceptors (Lipinski definition) is 4. The van der Waals surface area contributed by atoms with Crippen LogP contribution in [0.15, 0.2) is 53.3 Å². The largest absolute Gasteiger partial charge is 0.497 e. The number of benzene rings is 2. The van der Waals surface area contributed by atoms with E-state index in [0.717, 1.165) is 11.3 Å². The average molecular weight is 382 g/mol. The summed E-state index contributed by atoms with van der Waals surface area (Å²) in [4.78, 5) is 27.0. The minimum absolute atomic E-state index is 0.112. The third-order valence-electron chi connectivity index (χ3n) is 4.75. The molecular formula is C20H19FN4O3. The Bertz CT molecular complexity index is 1070. The molecule has 0 saturated carbocycles. The number of ether oxygens (including phenoxy) is 1. The van der Waals surface area contributed by atoms with E-state index in [9.17, 15) is 14.0 Å². The summed E-state index contributed by atoms with van der Waals surface area (Å²) in [5.74, 6) is 0.160. The van der Waals surface area contributed by atoms with Gasteiger partial charge in [-0.15, -0.1) is 5.10 Å². The quantitative estimate of drug-likeness (QED) is 0.676. The summed E-state index contributed by atoms with van der Waals surface area (Å²) in [6, 6.07) is 13.4. The van der Waals surface area contributed by atoms with Gasteiger partial charge in [0.15, 0.2) is 0 Å². The number of hydrogen-bond donors (Lipinski definition) is 0. The molecule has 0 unspecified atom stereocenters. The van der Waals surface area contributed by atoms with Crippen LogP contribution in [0.25, 0.3) is 0 Å². The van der Waals surface area contributed by atoms with Crippen LogP contribution < -0.4 is 10.4 Å². The summed E-state index contributed by atoms with van der Waals surface area (Å²) in [6.45, 7) is 1.27. The molecule has 0 N–H and O–H groups in total. The fourth-order valence-corrected chi connectivity index (χ4v) is 3.28. The molecule has 4 rings (SSSR count).